The van der Waals surface area contributed by atoms with Gasteiger partial charge in [-0.05, 0) is 67.6 Å². The van der Waals surface area contributed by atoms with Crippen molar-refractivity contribution < 1.29 is 30.8 Å². The van der Waals surface area contributed by atoms with Gasteiger partial charge < -0.3 is 9.73 Å². The van der Waals surface area contributed by atoms with Crippen LogP contribution in [0, 0.1) is 24.4 Å². The van der Waals surface area contributed by atoms with Gasteiger partial charge in [0.15, 0.2) is 17.4 Å². The van der Waals surface area contributed by atoms with Gasteiger partial charge in [-0.1, -0.05) is 0 Å². The van der Waals surface area contributed by atoms with Crippen LogP contribution in [0.3, 0.4) is 0 Å². The Kier molecular flexibility index (Phi) is 5.39. The topological polar surface area (TPSA) is 88.4 Å². The monoisotopic (exact) mass is 460 g/mol. The fourth-order valence-corrected chi connectivity index (χ4v) is 4.15. The van der Waals surface area contributed by atoms with Crippen LogP contribution >= 0.6 is 0 Å². The Hall–Kier alpha value is -3.79. The normalized spacial score (nSPS) is 11.5. The largest absolute Gasteiger partial charge is 0.451 e. The zero-order chi connectivity index (χ0) is 23.0. The highest BCUT2D eigenvalue weighted by atomic mass is 32.2. The van der Waals surface area contributed by atoms with Crippen LogP contribution in [0.2, 0.25) is 0 Å². The van der Waals surface area contributed by atoms with E-state index < -0.39 is 38.3 Å². The summed E-state index contributed by atoms with van der Waals surface area (Å²) < 4.78 is 72.3. The molecule has 4 aromatic rings. The summed E-state index contributed by atoms with van der Waals surface area (Å²) in [6.07, 6.45) is 0. The van der Waals surface area contributed by atoms with E-state index in [0.29, 0.717) is 28.3 Å². The molecule has 0 saturated heterocycles. The van der Waals surface area contributed by atoms with Gasteiger partial charge in [-0.3, -0.25) is 9.52 Å². The molecule has 0 atom stereocenters. The molecule has 3 aromatic carbocycles. The third kappa shape index (κ3) is 4.17. The van der Waals surface area contributed by atoms with Gasteiger partial charge in [-0.15, -0.1) is 0 Å². The van der Waals surface area contributed by atoms with E-state index in [4.69, 9.17) is 4.42 Å². The molecule has 0 radical (unpaired) electrons. The maximum Gasteiger partial charge on any atom is 0.291 e. The molecule has 1 heterocycles. The molecule has 6 nitrogen and oxygen atoms in total. The van der Waals surface area contributed by atoms with Crippen molar-refractivity contribution in [3.63, 3.8) is 0 Å². The van der Waals surface area contributed by atoms with Crippen molar-refractivity contribution in [2.24, 2.45) is 0 Å². The van der Waals surface area contributed by atoms with Crippen LogP contribution in [-0.2, 0) is 10.0 Å². The number of amides is 1. The van der Waals surface area contributed by atoms with E-state index in [1.54, 1.807) is 6.92 Å². The van der Waals surface area contributed by atoms with Crippen LogP contribution in [0.5, 0.6) is 0 Å². The molecule has 1 amide bonds. The number of carbonyl (C=O) groups excluding carboxylic acids is 1. The first-order valence-corrected chi connectivity index (χ1v) is 10.7. The highest BCUT2D eigenvalue weighted by molar-refractivity contribution is 7.92. The molecule has 164 valence electrons. The third-order valence-electron chi connectivity index (χ3n) is 4.70. The highest BCUT2D eigenvalue weighted by Gasteiger charge is 2.19. The van der Waals surface area contributed by atoms with Crippen molar-refractivity contribution in [3.05, 3.63) is 89.4 Å². The molecule has 1 aromatic heterocycles. The van der Waals surface area contributed by atoms with E-state index in [2.05, 4.69) is 10.0 Å². The number of anilines is 2. The number of carbonyl (C=O) groups is 1. The average molecular weight is 460 g/mol. The van der Waals surface area contributed by atoms with Gasteiger partial charge in [0.1, 0.15) is 11.4 Å². The number of sulfonamides is 1. The number of hydrogen-bond acceptors (Lipinski definition) is 4. The Morgan fingerprint density at radius 1 is 0.875 bits per heavy atom. The molecule has 0 aliphatic carbocycles. The molecule has 0 bridgehead atoms. The fraction of sp³-hybridized carbons (Fsp3) is 0.0455. The number of aryl methyl sites for hydroxylation is 1. The van der Waals surface area contributed by atoms with E-state index in [0.717, 1.165) is 12.1 Å². The lowest BCUT2D eigenvalue weighted by atomic mass is 10.1. The molecular formula is C22H15F3N2O4S. The van der Waals surface area contributed by atoms with Gasteiger partial charge >= 0.3 is 0 Å². The number of rotatable bonds is 5. The summed E-state index contributed by atoms with van der Waals surface area (Å²) in [5.74, 6) is -3.43. The van der Waals surface area contributed by atoms with Crippen LogP contribution in [0.25, 0.3) is 11.0 Å². The molecule has 10 heteroatoms. The summed E-state index contributed by atoms with van der Waals surface area (Å²) in [6.45, 7) is 1.64. The fourth-order valence-electron chi connectivity index (χ4n) is 3.08. The van der Waals surface area contributed by atoms with Crippen molar-refractivity contribution in [1.29, 1.82) is 0 Å². The average Bonchev–Trinajstić information content (AvgIpc) is 3.07. The molecule has 0 unspecified atom stereocenters. The third-order valence-corrected chi connectivity index (χ3v) is 6.08. The van der Waals surface area contributed by atoms with Gasteiger partial charge in [0.05, 0.1) is 4.90 Å². The van der Waals surface area contributed by atoms with Crippen LogP contribution in [0.15, 0.2) is 70.0 Å². The number of halogens is 3. The van der Waals surface area contributed by atoms with Gasteiger partial charge in [0.2, 0.25) is 0 Å². The van der Waals surface area contributed by atoms with Crippen LogP contribution < -0.4 is 10.0 Å². The Bertz CT molecular complexity index is 1450. The Labute approximate surface area is 180 Å². The molecule has 2 N–H and O–H groups in total. The van der Waals surface area contributed by atoms with E-state index in [1.165, 1.54) is 42.5 Å². The molecular weight excluding hydrogens is 445 g/mol. The molecule has 0 aliphatic rings. The lowest BCUT2D eigenvalue weighted by molar-refractivity contribution is 0.0998. The summed E-state index contributed by atoms with van der Waals surface area (Å²) in [6, 6.07) is 11.8. The number of nitrogens with one attached hydrogen (secondary N) is 2. The van der Waals surface area contributed by atoms with E-state index in [1.807, 2.05) is 0 Å². The van der Waals surface area contributed by atoms with Gasteiger partial charge in [-0.25, -0.2) is 21.6 Å². The zero-order valence-corrected chi connectivity index (χ0v) is 17.3. The SMILES string of the molecule is Cc1c(C(=O)Nc2ccc(NS(=O)(=O)c3ccc(F)c(F)c3)cc2)oc2ccc(F)cc12. The lowest BCUT2D eigenvalue weighted by Crippen LogP contribution is -2.14. The second-order valence-electron chi connectivity index (χ2n) is 6.91. The van der Waals surface area contributed by atoms with Crippen molar-refractivity contribution >= 4 is 38.3 Å². The van der Waals surface area contributed by atoms with E-state index >= 15 is 0 Å². The quantitative estimate of drug-likeness (QED) is 0.428. The summed E-state index contributed by atoms with van der Waals surface area (Å²) in [7, 11) is -4.15. The Morgan fingerprint density at radius 3 is 2.25 bits per heavy atom. The number of hydrogen-bond donors (Lipinski definition) is 2. The Morgan fingerprint density at radius 2 is 1.56 bits per heavy atom. The summed E-state index contributed by atoms with van der Waals surface area (Å²) in [4.78, 5) is 12.1. The highest BCUT2D eigenvalue weighted by Crippen LogP contribution is 2.27. The Balaban J connectivity index is 1.50. The minimum Gasteiger partial charge on any atom is -0.451 e. The standard InChI is InChI=1S/C22H15F3N2O4S/c1-12-17-10-13(23)2-9-20(17)31-21(12)22(28)26-14-3-5-15(6-4-14)27-32(29,30)16-7-8-18(24)19(25)11-16/h2-11,27H,1H3,(H,26,28). The number of fused-ring (bicyclic) bond motifs is 1. The maximum atomic E-state index is 13.4. The first kappa shape index (κ1) is 21.4. The van der Waals surface area contributed by atoms with Crippen molar-refractivity contribution in [1.82, 2.24) is 0 Å². The summed E-state index contributed by atoms with van der Waals surface area (Å²) >= 11 is 0. The first-order valence-electron chi connectivity index (χ1n) is 9.22. The van der Waals surface area contributed by atoms with Gasteiger partial charge in [0, 0.05) is 22.3 Å². The number of benzene rings is 3. The summed E-state index contributed by atoms with van der Waals surface area (Å²) in [5.41, 5.74) is 1.34. The lowest BCUT2D eigenvalue weighted by Gasteiger charge is -2.10. The minimum absolute atomic E-state index is 0.0220. The maximum absolute atomic E-state index is 13.4. The zero-order valence-electron chi connectivity index (χ0n) is 16.4. The van der Waals surface area contributed by atoms with E-state index in [9.17, 15) is 26.4 Å². The van der Waals surface area contributed by atoms with Crippen LogP contribution in [-0.4, -0.2) is 14.3 Å². The van der Waals surface area contributed by atoms with Gasteiger partial charge in [-0.2, -0.15) is 0 Å². The first-order chi connectivity index (χ1) is 15.1. The minimum atomic E-state index is -4.15. The predicted molar refractivity (Wildman–Crippen MR) is 112 cm³/mol. The molecule has 0 saturated carbocycles. The van der Waals surface area contributed by atoms with Gasteiger partial charge in [0.25, 0.3) is 15.9 Å². The molecule has 32 heavy (non-hydrogen) atoms. The van der Waals surface area contributed by atoms with Crippen molar-refractivity contribution in [2.75, 3.05) is 10.0 Å². The number of furan rings is 1. The second kappa shape index (κ2) is 8.04. The van der Waals surface area contributed by atoms with Crippen molar-refractivity contribution in [3.8, 4) is 0 Å². The van der Waals surface area contributed by atoms with Crippen LogP contribution in [0.1, 0.15) is 16.1 Å². The molecule has 0 spiro atoms. The molecule has 4 rings (SSSR count). The molecule has 0 fully saturated rings. The van der Waals surface area contributed by atoms with Crippen LogP contribution in [0.4, 0.5) is 24.5 Å². The van der Waals surface area contributed by atoms with Crippen molar-refractivity contribution in [2.45, 2.75) is 11.8 Å². The summed E-state index contributed by atoms with van der Waals surface area (Å²) in [5, 5.41) is 3.10. The smallest absolute Gasteiger partial charge is 0.291 e. The molecule has 0 aliphatic heterocycles. The second-order valence-corrected chi connectivity index (χ2v) is 8.59. The predicted octanol–water partition coefficient (Wildman–Crippen LogP) is 5.21. The van der Waals surface area contributed by atoms with E-state index in [-0.39, 0.29) is 11.4 Å².